The minimum atomic E-state index is 0.586. The molecule has 0 amide bonds. The first-order chi connectivity index (χ1) is 11.2. The Hall–Kier alpha value is -2.14. The van der Waals surface area contributed by atoms with E-state index >= 15 is 0 Å². The van der Waals surface area contributed by atoms with E-state index in [-0.39, 0.29) is 0 Å². The van der Waals surface area contributed by atoms with Crippen molar-refractivity contribution in [3.8, 4) is 0 Å². The van der Waals surface area contributed by atoms with E-state index in [1.807, 2.05) is 18.3 Å². The molecule has 1 fully saturated rings. The van der Waals surface area contributed by atoms with Gasteiger partial charge in [-0.3, -0.25) is 5.10 Å². The minimum Gasteiger partial charge on any atom is -0.357 e. The lowest BCUT2D eigenvalue weighted by molar-refractivity contribution is 0.501. The summed E-state index contributed by atoms with van der Waals surface area (Å²) >= 11 is 5.98. The SMILES string of the molecule is Cc1[nH]ncc1C1CCN(c2ccc3cc(Cl)cnc3n2)CC1. The molecule has 0 radical (unpaired) electrons. The largest absolute Gasteiger partial charge is 0.357 e. The Balaban J connectivity index is 1.52. The summed E-state index contributed by atoms with van der Waals surface area (Å²) in [5.41, 5.74) is 3.29. The standard InChI is InChI=1S/C17H18ClN5/c1-11-15(10-20-22-11)12-4-6-23(7-5-12)16-3-2-13-8-14(18)9-19-17(13)21-16/h2-3,8-10,12H,4-7H2,1H3,(H,20,22). The molecule has 1 saturated heterocycles. The first kappa shape index (κ1) is 14.5. The van der Waals surface area contributed by atoms with E-state index in [2.05, 4.69) is 38.1 Å². The number of H-pyrrole nitrogens is 1. The zero-order valence-corrected chi connectivity index (χ0v) is 13.7. The maximum atomic E-state index is 5.98. The van der Waals surface area contributed by atoms with E-state index < -0.39 is 0 Å². The van der Waals surface area contributed by atoms with Crippen LogP contribution in [0.5, 0.6) is 0 Å². The molecular formula is C17H18ClN5. The van der Waals surface area contributed by atoms with Crippen LogP contribution in [0.1, 0.15) is 30.0 Å². The number of pyridine rings is 2. The number of aromatic amines is 1. The first-order valence-electron chi connectivity index (χ1n) is 7.88. The van der Waals surface area contributed by atoms with Crippen molar-refractivity contribution < 1.29 is 0 Å². The van der Waals surface area contributed by atoms with Gasteiger partial charge in [0, 0.05) is 30.4 Å². The number of rotatable bonds is 2. The van der Waals surface area contributed by atoms with E-state index in [4.69, 9.17) is 11.6 Å². The maximum Gasteiger partial charge on any atom is 0.161 e. The summed E-state index contributed by atoms with van der Waals surface area (Å²) in [5, 5.41) is 8.80. The smallest absolute Gasteiger partial charge is 0.161 e. The average Bonchev–Trinajstić information content (AvgIpc) is 3.00. The van der Waals surface area contributed by atoms with Gasteiger partial charge in [-0.1, -0.05) is 11.6 Å². The molecule has 0 saturated carbocycles. The van der Waals surface area contributed by atoms with Gasteiger partial charge >= 0.3 is 0 Å². The van der Waals surface area contributed by atoms with Gasteiger partial charge in [-0.15, -0.1) is 0 Å². The van der Waals surface area contributed by atoms with E-state index in [0.29, 0.717) is 10.9 Å². The van der Waals surface area contributed by atoms with Gasteiger partial charge in [0.15, 0.2) is 5.65 Å². The third-order valence-corrected chi connectivity index (χ3v) is 4.83. The van der Waals surface area contributed by atoms with Crippen LogP contribution in [0.3, 0.4) is 0 Å². The number of anilines is 1. The van der Waals surface area contributed by atoms with Crippen molar-refractivity contribution >= 4 is 28.5 Å². The van der Waals surface area contributed by atoms with Gasteiger partial charge in [-0.25, -0.2) is 9.97 Å². The average molecular weight is 328 g/mol. The fourth-order valence-corrected chi connectivity index (χ4v) is 3.51. The number of nitrogens with zero attached hydrogens (tertiary/aromatic N) is 4. The first-order valence-corrected chi connectivity index (χ1v) is 8.25. The molecule has 1 aliphatic rings. The van der Waals surface area contributed by atoms with Gasteiger partial charge in [-0.2, -0.15) is 5.10 Å². The predicted octanol–water partition coefficient (Wildman–Crippen LogP) is 3.70. The third-order valence-electron chi connectivity index (χ3n) is 4.62. The molecule has 23 heavy (non-hydrogen) atoms. The van der Waals surface area contributed by atoms with Crippen LogP contribution in [0.4, 0.5) is 5.82 Å². The Bertz CT molecular complexity index is 836. The molecule has 0 atom stereocenters. The van der Waals surface area contributed by atoms with Gasteiger partial charge in [0.25, 0.3) is 0 Å². The molecule has 3 aromatic rings. The van der Waals surface area contributed by atoms with E-state index in [1.54, 1.807) is 6.20 Å². The highest BCUT2D eigenvalue weighted by Gasteiger charge is 2.23. The molecule has 118 valence electrons. The van der Waals surface area contributed by atoms with Crippen LogP contribution in [0.25, 0.3) is 11.0 Å². The second-order valence-corrected chi connectivity index (χ2v) is 6.52. The number of hydrogen-bond donors (Lipinski definition) is 1. The van der Waals surface area contributed by atoms with Crippen LogP contribution in [-0.4, -0.2) is 33.3 Å². The van der Waals surface area contributed by atoms with Crippen molar-refractivity contribution in [2.45, 2.75) is 25.7 Å². The summed E-state index contributed by atoms with van der Waals surface area (Å²) in [4.78, 5) is 11.3. The third kappa shape index (κ3) is 2.77. The number of aromatic nitrogens is 4. The van der Waals surface area contributed by atoms with Crippen molar-refractivity contribution in [3.05, 3.63) is 46.9 Å². The van der Waals surface area contributed by atoms with Crippen LogP contribution in [-0.2, 0) is 0 Å². The Labute approximate surface area is 139 Å². The molecule has 0 bridgehead atoms. The number of nitrogens with one attached hydrogen (secondary N) is 1. The number of fused-ring (bicyclic) bond motifs is 1. The molecular weight excluding hydrogens is 310 g/mol. The number of halogens is 1. The Morgan fingerprint density at radius 2 is 2.04 bits per heavy atom. The van der Waals surface area contributed by atoms with Crippen molar-refractivity contribution in [1.82, 2.24) is 20.2 Å². The zero-order valence-electron chi connectivity index (χ0n) is 13.0. The summed E-state index contributed by atoms with van der Waals surface area (Å²) in [5.74, 6) is 1.58. The molecule has 5 nitrogen and oxygen atoms in total. The molecule has 6 heteroatoms. The summed E-state index contributed by atoms with van der Waals surface area (Å²) in [6.07, 6.45) is 5.86. The summed E-state index contributed by atoms with van der Waals surface area (Å²) in [7, 11) is 0. The lowest BCUT2D eigenvalue weighted by atomic mass is 9.90. The highest BCUT2D eigenvalue weighted by molar-refractivity contribution is 6.31. The van der Waals surface area contributed by atoms with Gasteiger partial charge in [0.05, 0.1) is 11.2 Å². The second kappa shape index (κ2) is 5.81. The quantitative estimate of drug-likeness (QED) is 0.779. The van der Waals surface area contributed by atoms with Crippen LogP contribution in [0.2, 0.25) is 5.02 Å². The van der Waals surface area contributed by atoms with Crippen LogP contribution >= 0.6 is 11.6 Å². The normalized spacial score (nSPS) is 16.2. The minimum absolute atomic E-state index is 0.586. The van der Waals surface area contributed by atoms with Gasteiger partial charge in [0.2, 0.25) is 0 Å². The lowest BCUT2D eigenvalue weighted by Gasteiger charge is -2.32. The zero-order chi connectivity index (χ0) is 15.8. The molecule has 0 unspecified atom stereocenters. The molecule has 0 aromatic carbocycles. The van der Waals surface area contributed by atoms with Gasteiger partial charge in [-0.05, 0) is 49.4 Å². The van der Waals surface area contributed by atoms with E-state index in [1.165, 1.54) is 11.3 Å². The summed E-state index contributed by atoms with van der Waals surface area (Å²) in [6.45, 7) is 4.10. The van der Waals surface area contributed by atoms with E-state index in [9.17, 15) is 0 Å². The number of piperidine rings is 1. The molecule has 0 aliphatic carbocycles. The van der Waals surface area contributed by atoms with Crippen molar-refractivity contribution in [2.75, 3.05) is 18.0 Å². The molecule has 4 rings (SSSR count). The highest BCUT2D eigenvalue weighted by Crippen LogP contribution is 2.31. The van der Waals surface area contributed by atoms with E-state index in [0.717, 1.165) is 42.8 Å². The van der Waals surface area contributed by atoms with Crippen LogP contribution < -0.4 is 4.90 Å². The maximum absolute atomic E-state index is 5.98. The lowest BCUT2D eigenvalue weighted by Crippen LogP contribution is -2.33. The van der Waals surface area contributed by atoms with Crippen molar-refractivity contribution in [3.63, 3.8) is 0 Å². The van der Waals surface area contributed by atoms with Crippen LogP contribution in [0, 0.1) is 6.92 Å². The van der Waals surface area contributed by atoms with Crippen molar-refractivity contribution in [2.24, 2.45) is 0 Å². The fourth-order valence-electron chi connectivity index (χ4n) is 3.34. The molecule has 3 aromatic heterocycles. The Kier molecular flexibility index (Phi) is 3.65. The topological polar surface area (TPSA) is 57.7 Å². The molecule has 1 N–H and O–H groups in total. The second-order valence-electron chi connectivity index (χ2n) is 6.08. The van der Waals surface area contributed by atoms with Crippen LogP contribution in [0.15, 0.2) is 30.6 Å². The number of aryl methyl sites for hydroxylation is 1. The van der Waals surface area contributed by atoms with Gasteiger partial charge < -0.3 is 4.90 Å². The van der Waals surface area contributed by atoms with Gasteiger partial charge in [0.1, 0.15) is 5.82 Å². The summed E-state index contributed by atoms with van der Waals surface area (Å²) in [6, 6.07) is 6.00. The summed E-state index contributed by atoms with van der Waals surface area (Å²) < 4.78 is 0. The molecule has 0 spiro atoms. The Morgan fingerprint density at radius 1 is 1.22 bits per heavy atom. The van der Waals surface area contributed by atoms with Crippen molar-refractivity contribution in [1.29, 1.82) is 0 Å². The monoisotopic (exact) mass is 327 g/mol. The highest BCUT2D eigenvalue weighted by atomic mass is 35.5. The molecule has 4 heterocycles. The molecule has 1 aliphatic heterocycles. The number of hydrogen-bond acceptors (Lipinski definition) is 4. The Morgan fingerprint density at radius 3 is 2.78 bits per heavy atom. The predicted molar refractivity (Wildman–Crippen MR) is 92.1 cm³/mol. The fraction of sp³-hybridized carbons (Fsp3) is 0.353.